The van der Waals surface area contributed by atoms with Gasteiger partial charge in [-0.15, -0.1) is 0 Å². The van der Waals surface area contributed by atoms with Crippen LogP contribution in [0.15, 0.2) is 24.3 Å². The summed E-state index contributed by atoms with van der Waals surface area (Å²) in [4.78, 5) is 11.7. The van der Waals surface area contributed by atoms with Crippen LogP contribution in [0.3, 0.4) is 0 Å². The van der Waals surface area contributed by atoms with Crippen LogP contribution in [0.2, 0.25) is 0 Å². The van der Waals surface area contributed by atoms with E-state index in [1.165, 1.54) is 12.0 Å². The predicted octanol–water partition coefficient (Wildman–Crippen LogP) is 2.64. The van der Waals surface area contributed by atoms with E-state index in [0.29, 0.717) is 13.2 Å². The van der Waals surface area contributed by atoms with E-state index in [0.717, 1.165) is 25.0 Å². The Kier molecular flexibility index (Phi) is 4.76. The van der Waals surface area contributed by atoms with E-state index in [1.807, 2.05) is 6.92 Å². The largest absolute Gasteiger partial charge is 0.377 e. The monoisotopic (exact) mass is 247 g/mol. The minimum absolute atomic E-state index is 0.208. The highest BCUT2D eigenvalue weighted by Gasteiger charge is 2.24. The van der Waals surface area contributed by atoms with Gasteiger partial charge in [-0.05, 0) is 30.9 Å². The number of hydrogen-bond donors (Lipinski definition) is 1. The lowest BCUT2D eigenvalue weighted by molar-refractivity contribution is -0.127. The van der Waals surface area contributed by atoms with Crippen molar-refractivity contribution in [3.63, 3.8) is 0 Å². The van der Waals surface area contributed by atoms with Crippen LogP contribution >= 0.6 is 0 Å². The van der Waals surface area contributed by atoms with Crippen LogP contribution in [0, 0.1) is 5.92 Å². The van der Waals surface area contributed by atoms with Crippen molar-refractivity contribution in [3.8, 4) is 0 Å². The van der Waals surface area contributed by atoms with Crippen LogP contribution in [0.4, 0.5) is 0 Å². The molecule has 0 radical (unpaired) electrons. The minimum atomic E-state index is 0.208. The SMILES string of the molecule is CCOCc1ccc(CNC(=O)C2CCC2)cc1. The Labute approximate surface area is 109 Å². The number of amides is 1. The van der Waals surface area contributed by atoms with E-state index in [-0.39, 0.29) is 11.8 Å². The predicted molar refractivity (Wildman–Crippen MR) is 71.0 cm³/mol. The number of carbonyl (C=O) groups excluding carboxylic acids is 1. The molecule has 0 bridgehead atoms. The highest BCUT2D eigenvalue weighted by molar-refractivity contribution is 5.79. The van der Waals surface area contributed by atoms with Gasteiger partial charge in [0, 0.05) is 19.1 Å². The second-order valence-electron chi connectivity index (χ2n) is 4.80. The quantitative estimate of drug-likeness (QED) is 0.839. The van der Waals surface area contributed by atoms with Crippen molar-refractivity contribution in [2.24, 2.45) is 5.92 Å². The molecule has 2 rings (SSSR count). The van der Waals surface area contributed by atoms with E-state index in [4.69, 9.17) is 4.74 Å². The van der Waals surface area contributed by atoms with Crippen LogP contribution in [-0.2, 0) is 22.7 Å². The highest BCUT2D eigenvalue weighted by Crippen LogP contribution is 2.26. The molecule has 1 fully saturated rings. The first kappa shape index (κ1) is 13.1. The molecular formula is C15H21NO2. The molecular weight excluding hydrogens is 226 g/mol. The van der Waals surface area contributed by atoms with Gasteiger partial charge in [-0.1, -0.05) is 30.7 Å². The first-order chi connectivity index (χ1) is 8.79. The van der Waals surface area contributed by atoms with Gasteiger partial charge in [-0.3, -0.25) is 4.79 Å². The van der Waals surface area contributed by atoms with Gasteiger partial charge in [-0.25, -0.2) is 0 Å². The summed E-state index contributed by atoms with van der Waals surface area (Å²) in [5.41, 5.74) is 2.31. The van der Waals surface area contributed by atoms with Gasteiger partial charge in [0.25, 0.3) is 0 Å². The lowest BCUT2D eigenvalue weighted by Crippen LogP contribution is -2.33. The van der Waals surface area contributed by atoms with Crippen LogP contribution in [0.25, 0.3) is 0 Å². The van der Waals surface area contributed by atoms with E-state index < -0.39 is 0 Å². The zero-order valence-electron chi connectivity index (χ0n) is 10.9. The van der Waals surface area contributed by atoms with Gasteiger partial charge in [0.05, 0.1) is 6.61 Å². The van der Waals surface area contributed by atoms with E-state index in [1.54, 1.807) is 0 Å². The summed E-state index contributed by atoms with van der Waals surface area (Å²) in [6.45, 7) is 4.01. The molecule has 1 aromatic carbocycles. The molecule has 0 spiro atoms. The van der Waals surface area contributed by atoms with Gasteiger partial charge in [0.15, 0.2) is 0 Å². The number of carbonyl (C=O) groups is 1. The summed E-state index contributed by atoms with van der Waals surface area (Å²) in [7, 11) is 0. The van der Waals surface area contributed by atoms with Crippen molar-refractivity contribution in [3.05, 3.63) is 35.4 Å². The molecule has 98 valence electrons. The smallest absolute Gasteiger partial charge is 0.223 e. The summed E-state index contributed by atoms with van der Waals surface area (Å²) < 4.78 is 5.34. The summed E-state index contributed by atoms with van der Waals surface area (Å²) in [6.07, 6.45) is 3.31. The zero-order chi connectivity index (χ0) is 12.8. The molecule has 0 atom stereocenters. The molecule has 0 unspecified atom stereocenters. The summed E-state index contributed by atoms with van der Waals surface area (Å²) in [6, 6.07) is 8.21. The molecule has 0 heterocycles. The molecule has 1 aliphatic rings. The van der Waals surface area contributed by atoms with Gasteiger partial charge in [0.1, 0.15) is 0 Å². The lowest BCUT2D eigenvalue weighted by Gasteiger charge is -2.24. The fraction of sp³-hybridized carbons (Fsp3) is 0.533. The first-order valence-electron chi connectivity index (χ1n) is 6.73. The number of nitrogens with one attached hydrogen (secondary N) is 1. The normalized spacial score (nSPS) is 15.2. The number of rotatable bonds is 6. The molecule has 3 nitrogen and oxygen atoms in total. The molecule has 0 aliphatic heterocycles. The Hall–Kier alpha value is -1.35. The number of benzene rings is 1. The third-order valence-electron chi connectivity index (χ3n) is 3.44. The maximum Gasteiger partial charge on any atom is 0.223 e. The topological polar surface area (TPSA) is 38.3 Å². The van der Waals surface area contributed by atoms with E-state index >= 15 is 0 Å². The van der Waals surface area contributed by atoms with Crippen molar-refractivity contribution in [2.45, 2.75) is 39.3 Å². The Morgan fingerprint density at radius 2 is 1.94 bits per heavy atom. The Morgan fingerprint density at radius 3 is 2.50 bits per heavy atom. The Morgan fingerprint density at radius 1 is 1.28 bits per heavy atom. The van der Waals surface area contributed by atoms with Crippen LogP contribution in [-0.4, -0.2) is 12.5 Å². The van der Waals surface area contributed by atoms with Gasteiger partial charge in [-0.2, -0.15) is 0 Å². The minimum Gasteiger partial charge on any atom is -0.377 e. The third-order valence-corrected chi connectivity index (χ3v) is 3.44. The maximum atomic E-state index is 11.7. The van der Waals surface area contributed by atoms with Crippen molar-refractivity contribution in [2.75, 3.05) is 6.61 Å². The van der Waals surface area contributed by atoms with Crippen molar-refractivity contribution in [1.82, 2.24) is 5.32 Å². The molecule has 1 saturated carbocycles. The second-order valence-corrected chi connectivity index (χ2v) is 4.80. The molecule has 0 saturated heterocycles. The van der Waals surface area contributed by atoms with Crippen molar-refractivity contribution < 1.29 is 9.53 Å². The van der Waals surface area contributed by atoms with E-state index in [9.17, 15) is 4.79 Å². The van der Waals surface area contributed by atoms with Crippen LogP contribution in [0.1, 0.15) is 37.3 Å². The third kappa shape index (κ3) is 3.57. The summed E-state index contributed by atoms with van der Waals surface area (Å²) in [5, 5.41) is 2.99. The number of hydrogen-bond acceptors (Lipinski definition) is 2. The fourth-order valence-corrected chi connectivity index (χ4v) is 1.98. The van der Waals surface area contributed by atoms with Gasteiger partial charge >= 0.3 is 0 Å². The maximum absolute atomic E-state index is 11.7. The average Bonchev–Trinajstić information content (AvgIpc) is 2.33. The second kappa shape index (κ2) is 6.55. The molecule has 0 aromatic heterocycles. The zero-order valence-corrected chi connectivity index (χ0v) is 10.9. The Balaban J connectivity index is 1.76. The van der Waals surface area contributed by atoms with Crippen molar-refractivity contribution >= 4 is 5.91 Å². The molecule has 1 amide bonds. The number of ether oxygens (including phenoxy) is 1. The summed E-state index contributed by atoms with van der Waals surface area (Å²) in [5.74, 6) is 0.474. The van der Waals surface area contributed by atoms with Gasteiger partial charge < -0.3 is 10.1 Å². The lowest BCUT2D eigenvalue weighted by atomic mass is 9.85. The molecule has 18 heavy (non-hydrogen) atoms. The molecule has 3 heteroatoms. The highest BCUT2D eigenvalue weighted by atomic mass is 16.5. The van der Waals surface area contributed by atoms with Crippen molar-refractivity contribution in [1.29, 1.82) is 0 Å². The average molecular weight is 247 g/mol. The fourth-order valence-electron chi connectivity index (χ4n) is 1.98. The molecule has 1 N–H and O–H groups in total. The van der Waals surface area contributed by atoms with E-state index in [2.05, 4.69) is 29.6 Å². The van der Waals surface area contributed by atoms with Crippen LogP contribution in [0.5, 0.6) is 0 Å². The molecule has 1 aromatic rings. The summed E-state index contributed by atoms with van der Waals surface area (Å²) >= 11 is 0. The standard InChI is InChI=1S/C15H21NO2/c1-2-18-11-13-8-6-12(7-9-13)10-16-15(17)14-4-3-5-14/h6-9,14H,2-5,10-11H2,1H3,(H,16,17). The molecule has 1 aliphatic carbocycles. The Bertz CT molecular complexity index is 382. The first-order valence-corrected chi connectivity index (χ1v) is 6.73. The van der Waals surface area contributed by atoms with Gasteiger partial charge in [0.2, 0.25) is 5.91 Å². The van der Waals surface area contributed by atoms with Crippen LogP contribution < -0.4 is 5.32 Å².